The van der Waals surface area contributed by atoms with Gasteiger partial charge in [-0.15, -0.1) is 0 Å². The molecule has 2 heterocycles. The molecule has 0 aliphatic carbocycles. The second-order valence-electron chi connectivity index (χ2n) is 6.90. The number of rotatable bonds is 4. The Morgan fingerprint density at radius 1 is 1.06 bits per heavy atom. The van der Waals surface area contributed by atoms with Gasteiger partial charge in [-0.3, -0.25) is 9.78 Å². The molecule has 1 amide bonds. The number of carbonyl (C=O) groups excluding carboxylic acids is 1. The van der Waals surface area contributed by atoms with Crippen LogP contribution in [-0.4, -0.2) is 23.2 Å². The van der Waals surface area contributed by atoms with Crippen LogP contribution in [0.15, 0.2) is 65.9 Å². The lowest BCUT2D eigenvalue weighted by Gasteiger charge is -2.16. The van der Waals surface area contributed by atoms with Crippen LogP contribution in [0.25, 0.3) is 11.1 Å². The van der Waals surface area contributed by atoms with E-state index in [1.807, 2.05) is 36.4 Å². The number of pyridine rings is 1. The number of hydrogen-bond donors (Lipinski definition) is 1. The molecule has 8 heteroatoms. The van der Waals surface area contributed by atoms with Crippen molar-refractivity contribution in [2.24, 2.45) is 4.99 Å². The molecular formula is C23H18F3N3O2. The van der Waals surface area contributed by atoms with E-state index < -0.39 is 17.6 Å². The Morgan fingerprint density at radius 3 is 2.55 bits per heavy atom. The molecule has 1 aliphatic heterocycles. The van der Waals surface area contributed by atoms with Gasteiger partial charge in [-0.05, 0) is 36.2 Å². The first-order valence-electron chi connectivity index (χ1n) is 9.61. The van der Waals surface area contributed by atoms with Crippen molar-refractivity contribution in [3.8, 4) is 16.9 Å². The summed E-state index contributed by atoms with van der Waals surface area (Å²) in [6.07, 6.45) is -1.30. The number of aliphatic imine (C=N–C) groups is 1. The van der Waals surface area contributed by atoms with Crippen LogP contribution in [0.3, 0.4) is 0 Å². The Kier molecular flexibility index (Phi) is 5.46. The van der Waals surface area contributed by atoms with Crippen molar-refractivity contribution in [1.82, 2.24) is 4.98 Å². The molecule has 1 aliphatic rings. The predicted molar refractivity (Wildman–Crippen MR) is 112 cm³/mol. The third-order valence-corrected chi connectivity index (χ3v) is 4.75. The fourth-order valence-electron chi connectivity index (χ4n) is 3.37. The molecule has 0 fully saturated rings. The standard InChI is InChI=1S/C23H18F3N3O2/c1-2-31-21-11-20-19(10-17(21)23(24,25)26)29-22(30)12-18(28-20)15-6-3-5-14(9-15)16-7-4-8-27-13-16/h3-11,13H,2,12H2,1H3,(H,29,30). The minimum Gasteiger partial charge on any atom is -0.493 e. The molecule has 3 aromatic rings. The van der Waals surface area contributed by atoms with Crippen molar-refractivity contribution in [2.75, 3.05) is 11.9 Å². The maximum atomic E-state index is 13.5. The highest BCUT2D eigenvalue weighted by molar-refractivity contribution is 6.17. The monoisotopic (exact) mass is 425 g/mol. The average Bonchev–Trinajstić information content (AvgIpc) is 2.91. The van der Waals surface area contributed by atoms with Gasteiger partial charge < -0.3 is 10.1 Å². The Balaban J connectivity index is 1.81. The number of nitrogens with one attached hydrogen (secondary N) is 1. The highest BCUT2D eigenvalue weighted by Gasteiger charge is 2.36. The highest BCUT2D eigenvalue weighted by atomic mass is 19.4. The van der Waals surface area contributed by atoms with Gasteiger partial charge in [-0.2, -0.15) is 13.2 Å². The van der Waals surface area contributed by atoms with E-state index >= 15 is 0 Å². The predicted octanol–water partition coefficient (Wildman–Crippen LogP) is 5.63. The quantitative estimate of drug-likeness (QED) is 0.589. The molecule has 0 unspecified atom stereocenters. The summed E-state index contributed by atoms with van der Waals surface area (Å²) in [6.45, 7) is 1.67. The lowest BCUT2D eigenvalue weighted by molar-refractivity contribution is -0.138. The van der Waals surface area contributed by atoms with Crippen molar-refractivity contribution < 1.29 is 22.7 Å². The van der Waals surface area contributed by atoms with E-state index in [0.717, 1.165) is 17.2 Å². The van der Waals surface area contributed by atoms with E-state index in [4.69, 9.17) is 4.74 Å². The first-order valence-corrected chi connectivity index (χ1v) is 9.61. The number of ether oxygens (including phenoxy) is 1. The van der Waals surface area contributed by atoms with Gasteiger partial charge in [0.15, 0.2) is 0 Å². The Morgan fingerprint density at radius 2 is 1.84 bits per heavy atom. The SMILES string of the molecule is CCOc1cc2c(cc1C(F)(F)F)NC(=O)CC(c1cccc(-c3cccnc3)c1)=N2. The topological polar surface area (TPSA) is 63.6 Å². The molecule has 5 nitrogen and oxygen atoms in total. The molecule has 0 bridgehead atoms. The second-order valence-corrected chi connectivity index (χ2v) is 6.90. The number of nitrogens with zero attached hydrogens (tertiary/aromatic N) is 2. The first-order chi connectivity index (χ1) is 14.8. The zero-order chi connectivity index (χ0) is 22.0. The molecule has 0 spiro atoms. The number of benzene rings is 2. The minimum absolute atomic E-state index is 0.000748. The van der Waals surface area contributed by atoms with E-state index in [-0.39, 0.29) is 30.2 Å². The number of halogens is 3. The van der Waals surface area contributed by atoms with Crippen molar-refractivity contribution in [3.63, 3.8) is 0 Å². The molecule has 4 rings (SSSR count). The van der Waals surface area contributed by atoms with Gasteiger partial charge in [0.05, 0.1) is 35.7 Å². The van der Waals surface area contributed by atoms with Gasteiger partial charge in [-0.25, -0.2) is 4.99 Å². The molecule has 158 valence electrons. The molecule has 0 saturated heterocycles. The van der Waals surface area contributed by atoms with Gasteiger partial charge >= 0.3 is 6.18 Å². The maximum Gasteiger partial charge on any atom is 0.420 e. The minimum atomic E-state index is -4.62. The van der Waals surface area contributed by atoms with Crippen LogP contribution in [0.2, 0.25) is 0 Å². The zero-order valence-corrected chi connectivity index (χ0v) is 16.5. The fraction of sp³-hybridized carbons (Fsp3) is 0.174. The smallest absolute Gasteiger partial charge is 0.420 e. The van der Waals surface area contributed by atoms with Gasteiger partial charge in [0.2, 0.25) is 5.91 Å². The van der Waals surface area contributed by atoms with E-state index in [1.165, 1.54) is 6.07 Å². The first kappa shape index (κ1) is 20.6. The summed E-state index contributed by atoms with van der Waals surface area (Å²) in [6, 6.07) is 13.3. The lowest BCUT2D eigenvalue weighted by Crippen LogP contribution is -2.15. The van der Waals surface area contributed by atoms with E-state index in [1.54, 1.807) is 19.3 Å². The second kappa shape index (κ2) is 8.22. The molecule has 31 heavy (non-hydrogen) atoms. The summed E-state index contributed by atoms with van der Waals surface area (Å²) in [4.78, 5) is 21.1. The van der Waals surface area contributed by atoms with Crippen LogP contribution in [0, 0.1) is 0 Å². The number of alkyl halides is 3. The fourth-order valence-corrected chi connectivity index (χ4v) is 3.37. The van der Waals surface area contributed by atoms with Crippen LogP contribution < -0.4 is 10.1 Å². The van der Waals surface area contributed by atoms with E-state index in [2.05, 4.69) is 15.3 Å². The molecule has 1 N–H and O–H groups in total. The Hall–Kier alpha value is -3.68. The van der Waals surface area contributed by atoms with E-state index in [9.17, 15) is 18.0 Å². The number of anilines is 1. The molecule has 0 radical (unpaired) electrons. The van der Waals surface area contributed by atoms with Crippen LogP contribution in [0.5, 0.6) is 5.75 Å². The number of carbonyl (C=O) groups is 1. The molecule has 2 aromatic carbocycles. The number of fused-ring (bicyclic) bond motifs is 1. The van der Waals surface area contributed by atoms with Crippen LogP contribution in [-0.2, 0) is 11.0 Å². The molecule has 0 saturated carbocycles. The normalized spacial score (nSPS) is 13.7. The largest absolute Gasteiger partial charge is 0.493 e. The zero-order valence-electron chi connectivity index (χ0n) is 16.5. The van der Waals surface area contributed by atoms with Crippen LogP contribution in [0.1, 0.15) is 24.5 Å². The number of aromatic nitrogens is 1. The van der Waals surface area contributed by atoms with Crippen LogP contribution in [0.4, 0.5) is 24.5 Å². The summed E-state index contributed by atoms with van der Waals surface area (Å²) in [5.74, 6) is -0.765. The van der Waals surface area contributed by atoms with Gasteiger partial charge in [0, 0.05) is 24.0 Å². The number of amides is 1. The molecular weight excluding hydrogens is 407 g/mol. The summed E-state index contributed by atoms with van der Waals surface area (Å²) < 4.78 is 45.6. The maximum absolute atomic E-state index is 13.5. The third-order valence-electron chi connectivity index (χ3n) is 4.75. The Bertz CT molecular complexity index is 1160. The summed E-state index contributed by atoms with van der Waals surface area (Å²) >= 11 is 0. The Labute approximate surface area is 176 Å². The summed E-state index contributed by atoms with van der Waals surface area (Å²) in [5.41, 5.74) is 2.19. The lowest BCUT2D eigenvalue weighted by atomic mass is 10.0. The van der Waals surface area contributed by atoms with Crippen molar-refractivity contribution >= 4 is 23.0 Å². The van der Waals surface area contributed by atoms with Crippen molar-refractivity contribution in [2.45, 2.75) is 19.5 Å². The third kappa shape index (κ3) is 4.42. The molecule has 0 atom stereocenters. The average molecular weight is 425 g/mol. The molecule has 1 aromatic heterocycles. The van der Waals surface area contributed by atoms with Gasteiger partial charge in [-0.1, -0.05) is 24.3 Å². The summed E-state index contributed by atoms with van der Waals surface area (Å²) in [5, 5.41) is 2.53. The van der Waals surface area contributed by atoms with Gasteiger partial charge in [0.25, 0.3) is 0 Å². The summed E-state index contributed by atoms with van der Waals surface area (Å²) in [7, 11) is 0. The van der Waals surface area contributed by atoms with Gasteiger partial charge in [0.1, 0.15) is 5.75 Å². The highest BCUT2D eigenvalue weighted by Crippen LogP contribution is 2.43. The van der Waals surface area contributed by atoms with Crippen LogP contribution >= 0.6 is 0 Å². The van der Waals surface area contributed by atoms with Crippen molar-refractivity contribution in [1.29, 1.82) is 0 Å². The number of hydrogen-bond acceptors (Lipinski definition) is 4. The van der Waals surface area contributed by atoms with E-state index in [0.29, 0.717) is 11.3 Å². The van der Waals surface area contributed by atoms with Crippen molar-refractivity contribution in [3.05, 3.63) is 72.1 Å².